The Morgan fingerprint density at radius 3 is 2.40 bits per heavy atom. The minimum Gasteiger partial charge on any atom is -0.396 e. The second kappa shape index (κ2) is 5.21. The molecule has 0 atom stereocenters. The van der Waals surface area contributed by atoms with Gasteiger partial charge in [0.25, 0.3) is 0 Å². The van der Waals surface area contributed by atoms with Crippen LogP contribution in [0.4, 0.5) is 15.8 Å². The van der Waals surface area contributed by atoms with E-state index in [2.05, 4.69) is 4.72 Å². The summed E-state index contributed by atoms with van der Waals surface area (Å²) < 4.78 is 62.1. The zero-order valence-corrected chi connectivity index (χ0v) is 12.2. The summed E-state index contributed by atoms with van der Waals surface area (Å²) in [7, 11) is -6.83. The quantitative estimate of drug-likeness (QED) is 0.798. The predicted molar refractivity (Wildman–Crippen MR) is 75.0 cm³/mol. The first-order valence-electron chi connectivity index (χ1n) is 5.97. The van der Waals surface area contributed by atoms with Crippen molar-refractivity contribution in [3.63, 3.8) is 0 Å². The fourth-order valence-corrected chi connectivity index (χ4v) is 5.30. The summed E-state index contributed by atoms with van der Waals surface area (Å²) in [5.74, 6) is -0.898. The van der Waals surface area contributed by atoms with Crippen molar-refractivity contribution >= 4 is 31.2 Å². The molecule has 0 amide bonds. The summed E-state index contributed by atoms with van der Waals surface area (Å²) in [4.78, 5) is 0. The Balaban J connectivity index is 2.13. The Hall–Kier alpha value is -1.35. The number of hydrogen-bond donors (Lipinski definition) is 2. The van der Waals surface area contributed by atoms with Gasteiger partial charge in [-0.05, 0) is 31.0 Å². The van der Waals surface area contributed by atoms with Crippen LogP contribution >= 0.6 is 0 Å². The standard InChI is InChI=1S/C11H15FN2O4S2/c12-10-2-1-8(7-11(10)13)14-20(17,18)9-3-5-19(15,16)6-4-9/h1-2,7,9,14H,3-6,13H2. The number of nitrogens with two attached hydrogens (primary N) is 1. The van der Waals surface area contributed by atoms with E-state index in [1.54, 1.807) is 0 Å². The van der Waals surface area contributed by atoms with Gasteiger partial charge in [0, 0.05) is 0 Å². The highest BCUT2D eigenvalue weighted by molar-refractivity contribution is 7.94. The van der Waals surface area contributed by atoms with Crippen molar-refractivity contribution in [2.45, 2.75) is 18.1 Å². The van der Waals surface area contributed by atoms with E-state index in [1.807, 2.05) is 0 Å². The lowest BCUT2D eigenvalue weighted by Gasteiger charge is -2.22. The van der Waals surface area contributed by atoms with Crippen LogP contribution in [0.15, 0.2) is 18.2 Å². The van der Waals surface area contributed by atoms with Gasteiger partial charge >= 0.3 is 0 Å². The normalized spacial score (nSPS) is 19.6. The van der Waals surface area contributed by atoms with Crippen molar-refractivity contribution in [3.05, 3.63) is 24.0 Å². The van der Waals surface area contributed by atoms with E-state index in [0.29, 0.717) is 0 Å². The minimum atomic E-state index is -3.71. The van der Waals surface area contributed by atoms with Gasteiger partial charge in [-0.25, -0.2) is 21.2 Å². The van der Waals surface area contributed by atoms with E-state index in [9.17, 15) is 21.2 Å². The largest absolute Gasteiger partial charge is 0.396 e. The van der Waals surface area contributed by atoms with Crippen LogP contribution in [0.2, 0.25) is 0 Å². The van der Waals surface area contributed by atoms with E-state index in [0.717, 1.165) is 6.07 Å². The maximum absolute atomic E-state index is 13.0. The molecular formula is C11H15FN2O4S2. The molecular weight excluding hydrogens is 307 g/mol. The van der Waals surface area contributed by atoms with Crippen LogP contribution in [0, 0.1) is 5.82 Å². The van der Waals surface area contributed by atoms with Crippen molar-refractivity contribution in [3.8, 4) is 0 Å². The van der Waals surface area contributed by atoms with Crippen LogP contribution in [0.25, 0.3) is 0 Å². The number of nitrogens with one attached hydrogen (secondary N) is 1. The third-order valence-corrected chi connectivity index (χ3v) is 6.78. The average Bonchev–Trinajstić information content (AvgIpc) is 2.33. The van der Waals surface area contributed by atoms with Crippen LogP contribution in [-0.2, 0) is 19.9 Å². The molecule has 0 bridgehead atoms. The van der Waals surface area contributed by atoms with E-state index in [1.165, 1.54) is 12.1 Å². The van der Waals surface area contributed by atoms with Crippen molar-refractivity contribution in [2.75, 3.05) is 22.0 Å². The molecule has 1 heterocycles. The van der Waals surface area contributed by atoms with Crippen LogP contribution < -0.4 is 10.5 Å². The number of hydrogen-bond acceptors (Lipinski definition) is 5. The molecule has 1 aliphatic rings. The lowest BCUT2D eigenvalue weighted by molar-refractivity contribution is 0.555. The molecule has 0 aromatic heterocycles. The Morgan fingerprint density at radius 1 is 1.25 bits per heavy atom. The number of nitrogen functional groups attached to an aromatic ring is 1. The number of sulfonamides is 1. The number of rotatable bonds is 3. The zero-order chi connectivity index (χ0) is 15.0. The molecule has 0 spiro atoms. The Labute approximate surface area is 117 Å². The maximum Gasteiger partial charge on any atom is 0.235 e. The van der Waals surface area contributed by atoms with Crippen molar-refractivity contribution < 1.29 is 21.2 Å². The summed E-state index contributed by atoms with van der Waals surface area (Å²) in [6, 6.07) is 3.52. The summed E-state index contributed by atoms with van der Waals surface area (Å²) in [5, 5.41) is -0.766. The summed E-state index contributed by atoms with van der Waals surface area (Å²) in [5.41, 5.74) is 5.37. The molecule has 1 aliphatic heterocycles. The highest BCUT2D eigenvalue weighted by Gasteiger charge is 2.32. The molecule has 3 N–H and O–H groups in total. The maximum atomic E-state index is 13.0. The average molecular weight is 322 g/mol. The van der Waals surface area contributed by atoms with Crippen molar-refractivity contribution in [1.82, 2.24) is 0 Å². The van der Waals surface area contributed by atoms with Crippen LogP contribution in [0.1, 0.15) is 12.8 Å². The molecule has 0 aliphatic carbocycles. The fourth-order valence-electron chi connectivity index (χ4n) is 2.03. The first kappa shape index (κ1) is 15.0. The van der Waals surface area contributed by atoms with Gasteiger partial charge in [-0.1, -0.05) is 0 Å². The SMILES string of the molecule is Nc1cc(NS(=O)(=O)C2CCS(=O)(=O)CC2)ccc1F. The number of sulfone groups is 1. The molecule has 9 heteroatoms. The van der Waals surface area contributed by atoms with Gasteiger partial charge in [0.15, 0.2) is 0 Å². The molecule has 2 rings (SSSR count). The van der Waals surface area contributed by atoms with Crippen LogP contribution in [0.3, 0.4) is 0 Å². The van der Waals surface area contributed by atoms with Crippen molar-refractivity contribution in [1.29, 1.82) is 0 Å². The molecule has 1 aromatic rings. The predicted octanol–water partition coefficient (Wildman–Crippen LogP) is 0.727. The molecule has 20 heavy (non-hydrogen) atoms. The van der Waals surface area contributed by atoms with Gasteiger partial charge in [0.1, 0.15) is 15.7 Å². The monoisotopic (exact) mass is 322 g/mol. The third kappa shape index (κ3) is 3.40. The second-order valence-corrected chi connectivity index (χ2v) is 9.00. The number of halogens is 1. The summed E-state index contributed by atoms with van der Waals surface area (Å²) >= 11 is 0. The first-order valence-corrected chi connectivity index (χ1v) is 9.33. The Morgan fingerprint density at radius 2 is 1.85 bits per heavy atom. The lowest BCUT2D eigenvalue weighted by atomic mass is 10.2. The second-order valence-electron chi connectivity index (χ2n) is 4.73. The smallest absolute Gasteiger partial charge is 0.235 e. The molecule has 1 aromatic carbocycles. The van der Waals surface area contributed by atoms with Gasteiger partial charge in [-0.3, -0.25) is 4.72 Å². The van der Waals surface area contributed by atoms with Crippen LogP contribution in [-0.4, -0.2) is 33.6 Å². The van der Waals surface area contributed by atoms with Gasteiger partial charge in [-0.15, -0.1) is 0 Å². The molecule has 1 fully saturated rings. The van der Waals surface area contributed by atoms with E-state index < -0.39 is 30.9 Å². The van der Waals surface area contributed by atoms with E-state index in [4.69, 9.17) is 5.73 Å². The first-order chi connectivity index (χ1) is 9.20. The molecule has 1 saturated heterocycles. The third-order valence-electron chi connectivity index (χ3n) is 3.20. The number of anilines is 2. The molecule has 6 nitrogen and oxygen atoms in total. The molecule has 112 valence electrons. The highest BCUT2D eigenvalue weighted by Crippen LogP contribution is 2.23. The van der Waals surface area contributed by atoms with Crippen molar-refractivity contribution in [2.24, 2.45) is 0 Å². The van der Waals surface area contributed by atoms with Crippen LogP contribution in [0.5, 0.6) is 0 Å². The van der Waals surface area contributed by atoms with Gasteiger partial charge < -0.3 is 5.73 Å². The summed E-state index contributed by atoms with van der Waals surface area (Å²) in [6.45, 7) is 0. The van der Waals surface area contributed by atoms with Gasteiger partial charge in [0.2, 0.25) is 10.0 Å². The minimum absolute atomic E-state index is 0.0638. The summed E-state index contributed by atoms with van der Waals surface area (Å²) in [6.07, 6.45) is 0.128. The Kier molecular flexibility index (Phi) is 3.92. The van der Waals surface area contributed by atoms with E-state index >= 15 is 0 Å². The molecule has 0 radical (unpaired) electrons. The zero-order valence-electron chi connectivity index (χ0n) is 10.5. The fraction of sp³-hybridized carbons (Fsp3) is 0.455. The lowest BCUT2D eigenvalue weighted by Crippen LogP contribution is -2.36. The van der Waals surface area contributed by atoms with Gasteiger partial charge in [-0.2, -0.15) is 0 Å². The van der Waals surface area contributed by atoms with Gasteiger partial charge in [0.05, 0.1) is 28.1 Å². The topological polar surface area (TPSA) is 106 Å². The Bertz CT molecular complexity index is 702. The van der Waals surface area contributed by atoms with E-state index in [-0.39, 0.29) is 35.7 Å². The highest BCUT2D eigenvalue weighted by atomic mass is 32.2. The molecule has 0 saturated carbocycles. The molecule has 0 unspecified atom stereocenters. The number of benzene rings is 1.